The van der Waals surface area contributed by atoms with E-state index in [4.69, 9.17) is 4.74 Å². The van der Waals surface area contributed by atoms with Crippen LogP contribution >= 0.6 is 11.3 Å². The molecule has 3 aromatic rings. The molecule has 0 bridgehead atoms. The van der Waals surface area contributed by atoms with E-state index in [0.717, 1.165) is 15.6 Å². The Morgan fingerprint density at radius 2 is 1.90 bits per heavy atom. The highest BCUT2D eigenvalue weighted by molar-refractivity contribution is 7.15. The number of carbonyl (C=O) groups excluding carboxylic acids is 1. The summed E-state index contributed by atoms with van der Waals surface area (Å²) in [6, 6.07) is 10.9. The van der Waals surface area contributed by atoms with Crippen molar-refractivity contribution < 1.29 is 9.53 Å². The van der Waals surface area contributed by atoms with Crippen molar-refractivity contribution in [2.24, 2.45) is 0 Å². The van der Waals surface area contributed by atoms with Crippen LogP contribution in [0.5, 0.6) is 5.75 Å². The number of nitrogens with zero attached hydrogens (tertiary/aromatic N) is 3. The molecule has 1 amide bonds. The zero-order valence-corrected chi connectivity index (χ0v) is 18.5. The van der Waals surface area contributed by atoms with E-state index in [1.54, 1.807) is 17.4 Å². The first kappa shape index (κ1) is 21.7. The maximum Gasteiger partial charge on any atom is 0.266 e. The number of amides is 1. The summed E-state index contributed by atoms with van der Waals surface area (Å²) in [5, 5.41) is 8.13. The third kappa shape index (κ3) is 5.54. The number of carbonyl (C=O) groups is 1. The van der Waals surface area contributed by atoms with Crippen LogP contribution in [0.2, 0.25) is 0 Å². The van der Waals surface area contributed by atoms with Gasteiger partial charge in [0.25, 0.3) is 11.5 Å². The number of aromatic nitrogens is 3. The van der Waals surface area contributed by atoms with Crippen molar-refractivity contribution in [3.8, 4) is 16.3 Å². The fourth-order valence-corrected chi connectivity index (χ4v) is 3.83. The van der Waals surface area contributed by atoms with Crippen LogP contribution in [-0.2, 0) is 11.3 Å². The van der Waals surface area contributed by atoms with Gasteiger partial charge in [-0.1, -0.05) is 26.0 Å². The molecular weight excluding hydrogens is 400 g/mol. The molecule has 0 aliphatic rings. The van der Waals surface area contributed by atoms with Crippen LogP contribution in [0.1, 0.15) is 36.0 Å². The Balaban J connectivity index is 1.52. The topological polar surface area (TPSA) is 86.1 Å². The van der Waals surface area contributed by atoms with Gasteiger partial charge in [-0.2, -0.15) is 5.10 Å². The summed E-state index contributed by atoms with van der Waals surface area (Å²) >= 11 is 1.54. The Morgan fingerprint density at radius 1 is 1.17 bits per heavy atom. The van der Waals surface area contributed by atoms with Crippen LogP contribution in [0.3, 0.4) is 0 Å². The molecule has 2 aromatic heterocycles. The standard InChI is InChI=1S/C22H26N4O3S/c1-14(2)17-5-7-18(8-6-17)29-13-20(27)23-11-12-26-21(28)10-9-19(25-26)22-15(3)24-16(4)30-22/h5-10,14H,11-13H2,1-4H3,(H,23,27). The third-order valence-corrected chi connectivity index (χ3v) is 5.66. The predicted octanol–water partition coefficient (Wildman–Crippen LogP) is 3.30. The Bertz CT molecular complexity index is 1070. The summed E-state index contributed by atoms with van der Waals surface area (Å²) in [5.74, 6) is 0.846. The third-order valence-electron chi connectivity index (χ3n) is 4.57. The predicted molar refractivity (Wildman–Crippen MR) is 118 cm³/mol. The molecule has 8 heteroatoms. The highest BCUT2D eigenvalue weighted by Crippen LogP contribution is 2.27. The molecule has 0 fully saturated rings. The van der Waals surface area contributed by atoms with Crippen LogP contribution in [0.15, 0.2) is 41.2 Å². The number of aryl methyl sites for hydroxylation is 2. The van der Waals surface area contributed by atoms with E-state index in [2.05, 4.69) is 29.2 Å². The molecule has 3 rings (SSSR count). The van der Waals surface area contributed by atoms with Gasteiger partial charge in [-0.3, -0.25) is 9.59 Å². The highest BCUT2D eigenvalue weighted by Gasteiger charge is 2.11. The first-order valence-corrected chi connectivity index (χ1v) is 10.7. The van der Waals surface area contributed by atoms with Crippen LogP contribution in [0, 0.1) is 13.8 Å². The van der Waals surface area contributed by atoms with Gasteiger partial charge in [0.15, 0.2) is 6.61 Å². The van der Waals surface area contributed by atoms with Gasteiger partial charge in [-0.15, -0.1) is 11.3 Å². The lowest BCUT2D eigenvalue weighted by atomic mass is 10.0. The van der Waals surface area contributed by atoms with Crippen molar-refractivity contribution >= 4 is 17.2 Å². The summed E-state index contributed by atoms with van der Waals surface area (Å²) in [7, 11) is 0. The average Bonchev–Trinajstić information content (AvgIpc) is 3.06. The second-order valence-electron chi connectivity index (χ2n) is 7.29. The molecule has 0 saturated carbocycles. The molecule has 0 radical (unpaired) electrons. The molecule has 1 aromatic carbocycles. The Kier molecular flexibility index (Phi) is 6.99. The number of nitrogens with one attached hydrogen (secondary N) is 1. The molecule has 1 N–H and O–H groups in total. The minimum atomic E-state index is -0.249. The largest absolute Gasteiger partial charge is 0.484 e. The number of thiazole rings is 1. The lowest BCUT2D eigenvalue weighted by Crippen LogP contribution is -2.34. The van der Waals surface area contributed by atoms with Gasteiger partial charge in [-0.05, 0) is 43.5 Å². The molecular formula is C22H26N4O3S. The van der Waals surface area contributed by atoms with Gasteiger partial charge >= 0.3 is 0 Å². The zero-order chi connectivity index (χ0) is 21.7. The minimum Gasteiger partial charge on any atom is -0.484 e. The van der Waals surface area contributed by atoms with E-state index in [1.807, 2.05) is 38.1 Å². The molecule has 0 atom stereocenters. The number of ether oxygens (including phenoxy) is 1. The molecule has 0 unspecified atom stereocenters. The number of rotatable bonds is 8. The lowest BCUT2D eigenvalue weighted by Gasteiger charge is -2.10. The van der Waals surface area contributed by atoms with Crippen LogP contribution in [0.25, 0.3) is 10.6 Å². The number of hydrogen-bond acceptors (Lipinski definition) is 6. The van der Waals surface area contributed by atoms with E-state index in [9.17, 15) is 9.59 Å². The summed E-state index contributed by atoms with van der Waals surface area (Å²) in [5.41, 5.74) is 2.60. The van der Waals surface area contributed by atoms with E-state index < -0.39 is 0 Å². The number of benzene rings is 1. The summed E-state index contributed by atoms with van der Waals surface area (Å²) in [4.78, 5) is 29.5. The molecule has 0 saturated heterocycles. The molecule has 0 spiro atoms. The van der Waals surface area contributed by atoms with Crippen LogP contribution in [-0.4, -0.2) is 33.8 Å². The first-order chi connectivity index (χ1) is 14.3. The van der Waals surface area contributed by atoms with Crippen molar-refractivity contribution in [2.75, 3.05) is 13.2 Å². The van der Waals surface area contributed by atoms with Gasteiger partial charge in [0.1, 0.15) is 11.4 Å². The van der Waals surface area contributed by atoms with Gasteiger partial charge < -0.3 is 10.1 Å². The van der Waals surface area contributed by atoms with E-state index >= 15 is 0 Å². The summed E-state index contributed by atoms with van der Waals surface area (Å²) in [6.45, 7) is 8.59. The summed E-state index contributed by atoms with van der Waals surface area (Å²) < 4.78 is 6.88. The first-order valence-electron chi connectivity index (χ1n) is 9.85. The van der Waals surface area contributed by atoms with Crippen molar-refractivity contribution in [3.05, 3.63) is 63.0 Å². The van der Waals surface area contributed by atoms with Crippen molar-refractivity contribution in [3.63, 3.8) is 0 Å². The monoisotopic (exact) mass is 426 g/mol. The van der Waals surface area contributed by atoms with E-state index in [0.29, 0.717) is 17.4 Å². The van der Waals surface area contributed by atoms with Crippen molar-refractivity contribution in [1.29, 1.82) is 0 Å². The van der Waals surface area contributed by atoms with Crippen molar-refractivity contribution in [1.82, 2.24) is 20.1 Å². The lowest BCUT2D eigenvalue weighted by molar-refractivity contribution is -0.123. The minimum absolute atomic E-state index is 0.0806. The van der Waals surface area contributed by atoms with Gasteiger partial charge in [0.05, 0.1) is 22.1 Å². The van der Waals surface area contributed by atoms with Gasteiger partial charge in [0.2, 0.25) is 0 Å². The highest BCUT2D eigenvalue weighted by atomic mass is 32.1. The molecule has 158 valence electrons. The SMILES string of the molecule is Cc1nc(C)c(-c2ccc(=O)n(CCNC(=O)COc3ccc(C(C)C)cc3)n2)s1. The molecule has 0 aliphatic heterocycles. The maximum atomic E-state index is 12.1. The molecule has 2 heterocycles. The van der Waals surface area contributed by atoms with Crippen LogP contribution in [0.4, 0.5) is 0 Å². The second kappa shape index (κ2) is 9.67. The van der Waals surface area contributed by atoms with Crippen LogP contribution < -0.4 is 15.6 Å². The van der Waals surface area contributed by atoms with Gasteiger partial charge in [0, 0.05) is 12.6 Å². The van der Waals surface area contributed by atoms with Gasteiger partial charge in [-0.25, -0.2) is 9.67 Å². The molecule has 30 heavy (non-hydrogen) atoms. The molecule has 7 nitrogen and oxygen atoms in total. The zero-order valence-electron chi connectivity index (χ0n) is 17.6. The normalized spacial score (nSPS) is 11.0. The molecule has 0 aliphatic carbocycles. The summed E-state index contributed by atoms with van der Waals surface area (Å²) in [6.07, 6.45) is 0. The average molecular weight is 427 g/mol. The fraction of sp³-hybridized carbons (Fsp3) is 0.364. The Labute approximate surface area is 179 Å². The maximum absolute atomic E-state index is 12.1. The smallest absolute Gasteiger partial charge is 0.266 e. The van der Waals surface area contributed by atoms with E-state index in [1.165, 1.54) is 16.3 Å². The van der Waals surface area contributed by atoms with Crippen molar-refractivity contribution in [2.45, 2.75) is 40.2 Å². The second-order valence-corrected chi connectivity index (χ2v) is 8.49. The Hall–Kier alpha value is -3.00. The number of hydrogen-bond donors (Lipinski definition) is 1. The fourth-order valence-electron chi connectivity index (χ4n) is 2.95. The quantitative estimate of drug-likeness (QED) is 0.597. The van der Waals surface area contributed by atoms with E-state index in [-0.39, 0.29) is 31.2 Å². The Morgan fingerprint density at radius 3 is 2.53 bits per heavy atom.